The predicted octanol–water partition coefficient (Wildman–Crippen LogP) is 0.130. The molecule has 0 aromatic rings. The molecule has 0 spiro atoms. The SMILES string of the molecule is C#CCOC(=O)CC(CC(=O)OCC#C)(O[PH](=O)COC)C(=O)OCC#C. The second-order valence-electron chi connectivity index (χ2n) is 4.76. The molecule has 0 aromatic carbocycles. The summed E-state index contributed by atoms with van der Waals surface area (Å²) in [6.07, 6.45) is 13.0. The van der Waals surface area contributed by atoms with Crippen molar-refractivity contribution in [2.75, 3.05) is 33.3 Å². The highest BCUT2D eigenvalue weighted by Gasteiger charge is 2.48. The minimum atomic E-state index is -3.02. The van der Waals surface area contributed by atoms with Crippen molar-refractivity contribution < 1.29 is 42.4 Å². The molecular weight excluding hydrogens is 379 g/mol. The topological polar surface area (TPSA) is 114 Å². The molecule has 0 bridgehead atoms. The van der Waals surface area contributed by atoms with E-state index in [9.17, 15) is 18.9 Å². The second kappa shape index (κ2) is 13.4. The van der Waals surface area contributed by atoms with Crippen molar-refractivity contribution in [1.29, 1.82) is 0 Å². The third-order valence-electron chi connectivity index (χ3n) is 2.72. The van der Waals surface area contributed by atoms with Crippen molar-refractivity contribution in [2.45, 2.75) is 18.4 Å². The maximum atomic E-state index is 12.5. The van der Waals surface area contributed by atoms with Gasteiger partial charge in [-0.2, -0.15) is 0 Å². The Balaban J connectivity index is 5.75. The molecule has 0 rings (SSSR count). The van der Waals surface area contributed by atoms with Gasteiger partial charge in [0.1, 0.15) is 6.35 Å². The lowest BCUT2D eigenvalue weighted by Crippen LogP contribution is -2.46. The van der Waals surface area contributed by atoms with Gasteiger partial charge in [-0.05, 0) is 0 Å². The summed E-state index contributed by atoms with van der Waals surface area (Å²) >= 11 is 0. The maximum absolute atomic E-state index is 12.5. The van der Waals surface area contributed by atoms with E-state index in [0.29, 0.717) is 0 Å². The largest absolute Gasteiger partial charge is 0.452 e. The predicted molar refractivity (Wildman–Crippen MR) is 93.3 cm³/mol. The molecule has 0 fully saturated rings. The Morgan fingerprint density at radius 3 is 1.74 bits per heavy atom. The lowest BCUT2D eigenvalue weighted by atomic mass is 9.95. The van der Waals surface area contributed by atoms with E-state index in [1.54, 1.807) is 0 Å². The van der Waals surface area contributed by atoms with Crippen LogP contribution >= 0.6 is 8.03 Å². The molecule has 0 aliphatic rings. The number of rotatable bonds is 12. The fraction of sp³-hybridized carbons (Fsp3) is 0.471. The first-order valence-electron chi connectivity index (χ1n) is 7.34. The maximum Gasteiger partial charge on any atom is 0.341 e. The van der Waals surface area contributed by atoms with Gasteiger partial charge < -0.3 is 23.5 Å². The van der Waals surface area contributed by atoms with E-state index in [4.69, 9.17) is 38.0 Å². The van der Waals surface area contributed by atoms with E-state index in [1.165, 1.54) is 7.11 Å². The fourth-order valence-corrected chi connectivity index (χ4v) is 2.70. The molecule has 146 valence electrons. The molecule has 27 heavy (non-hydrogen) atoms. The Kier molecular flexibility index (Phi) is 12.1. The van der Waals surface area contributed by atoms with Gasteiger partial charge in [0.05, 0.1) is 12.8 Å². The molecule has 1 unspecified atom stereocenters. The molecule has 0 aromatic heterocycles. The highest BCUT2D eigenvalue weighted by molar-refractivity contribution is 7.38. The first-order valence-corrected chi connectivity index (χ1v) is 8.87. The zero-order valence-corrected chi connectivity index (χ0v) is 15.6. The lowest BCUT2D eigenvalue weighted by molar-refractivity contribution is -0.172. The van der Waals surface area contributed by atoms with Crippen LogP contribution in [0.3, 0.4) is 0 Å². The van der Waals surface area contributed by atoms with Crippen LogP contribution in [-0.4, -0.2) is 56.8 Å². The van der Waals surface area contributed by atoms with Crippen LogP contribution < -0.4 is 0 Å². The Labute approximate surface area is 157 Å². The first kappa shape index (κ1) is 24.2. The third-order valence-corrected chi connectivity index (χ3v) is 3.87. The molecule has 0 saturated heterocycles. The number of ether oxygens (including phenoxy) is 4. The summed E-state index contributed by atoms with van der Waals surface area (Å²) in [5.41, 5.74) is -2.32. The van der Waals surface area contributed by atoms with Gasteiger partial charge in [0.2, 0.25) is 8.03 Å². The van der Waals surface area contributed by atoms with Crippen LogP contribution in [0.1, 0.15) is 12.8 Å². The van der Waals surface area contributed by atoms with E-state index in [2.05, 4.69) is 16.6 Å². The molecule has 0 amide bonds. The van der Waals surface area contributed by atoms with Gasteiger partial charge in [0.25, 0.3) is 0 Å². The zero-order chi connectivity index (χ0) is 20.7. The molecule has 1 atom stereocenters. The van der Waals surface area contributed by atoms with Crippen molar-refractivity contribution in [3.05, 3.63) is 0 Å². The standard InChI is InChI=1S/C17H19O9P/c1-5-8-23-14(18)11-17(16(20)25-10-7-3,26-27(21)13-22-4)12-15(19)24-9-6-2/h1-3,27H,8-13H2,4H3. The molecule has 0 aliphatic carbocycles. The fourth-order valence-electron chi connectivity index (χ4n) is 1.74. The van der Waals surface area contributed by atoms with Crippen molar-refractivity contribution in [2.24, 2.45) is 0 Å². The number of terminal acetylenes is 3. The number of hydrogen-bond donors (Lipinski definition) is 0. The van der Waals surface area contributed by atoms with Crippen molar-refractivity contribution >= 4 is 25.9 Å². The van der Waals surface area contributed by atoms with Crippen molar-refractivity contribution in [3.63, 3.8) is 0 Å². The molecule has 0 radical (unpaired) electrons. The minimum Gasteiger partial charge on any atom is -0.452 e. The Hall–Kier alpha value is -2.76. The van der Waals surface area contributed by atoms with Gasteiger partial charge in [0.15, 0.2) is 25.4 Å². The first-order chi connectivity index (χ1) is 12.8. The highest BCUT2D eigenvalue weighted by atomic mass is 31.1. The van der Waals surface area contributed by atoms with Crippen LogP contribution in [0.25, 0.3) is 0 Å². The lowest BCUT2D eigenvalue weighted by Gasteiger charge is -2.29. The molecule has 0 heterocycles. The van der Waals surface area contributed by atoms with Gasteiger partial charge in [0, 0.05) is 7.11 Å². The van der Waals surface area contributed by atoms with Crippen LogP contribution in [0.2, 0.25) is 0 Å². The van der Waals surface area contributed by atoms with E-state index in [-0.39, 0.29) is 19.6 Å². The molecule has 0 N–H and O–H groups in total. The Bertz CT molecular complexity index is 646. The molecule has 9 nitrogen and oxygen atoms in total. The summed E-state index contributed by atoms with van der Waals surface area (Å²) < 4.78 is 36.1. The zero-order valence-electron chi connectivity index (χ0n) is 14.6. The normalized spacial score (nSPS) is 11.2. The molecular formula is C17H19O9P. The molecule has 0 saturated carbocycles. The number of esters is 3. The van der Waals surface area contributed by atoms with E-state index in [1.807, 2.05) is 5.92 Å². The van der Waals surface area contributed by atoms with Gasteiger partial charge in [-0.25, -0.2) is 4.79 Å². The number of methoxy groups -OCH3 is 1. The summed E-state index contributed by atoms with van der Waals surface area (Å²) in [6, 6.07) is 0. The average Bonchev–Trinajstić information content (AvgIpc) is 2.62. The average molecular weight is 398 g/mol. The van der Waals surface area contributed by atoms with Gasteiger partial charge >= 0.3 is 17.9 Å². The summed E-state index contributed by atoms with van der Waals surface area (Å²) in [4.78, 5) is 36.4. The summed E-state index contributed by atoms with van der Waals surface area (Å²) in [6.45, 7) is -1.25. The van der Waals surface area contributed by atoms with Gasteiger partial charge in [-0.3, -0.25) is 14.2 Å². The monoisotopic (exact) mass is 398 g/mol. The summed E-state index contributed by atoms with van der Waals surface area (Å²) in [5, 5.41) is 0. The minimum absolute atomic E-state index is 0.381. The van der Waals surface area contributed by atoms with Crippen molar-refractivity contribution in [3.8, 4) is 37.0 Å². The molecule has 0 aliphatic heterocycles. The Morgan fingerprint density at radius 1 is 0.889 bits per heavy atom. The highest BCUT2D eigenvalue weighted by Crippen LogP contribution is 2.36. The van der Waals surface area contributed by atoms with Gasteiger partial charge in [-0.15, -0.1) is 19.3 Å². The van der Waals surface area contributed by atoms with Crippen LogP contribution in [-0.2, 0) is 42.4 Å². The second-order valence-corrected chi connectivity index (χ2v) is 6.00. The number of hydrogen-bond acceptors (Lipinski definition) is 9. The van der Waals surface area contributed by atoms with E-state index >= 15 is 0 Å². The van der Waals surface area contributed by atoms with E-state index in [0.717, 1.165) is 0 Å². The van der Waals surface area contributed by atoms with Crippen LogP contribution in [0.5, 0.6) is 0 Å². The van der Waals surface area contributed by atoms with Gasteiger partial charge in [-0.1, -0.05) is 17.8 Å². The molecule has 10 heteroatoms. The van der Waals surface area contributed by atoms with Crippen LogP contribution in [0.4, 0.5) is 0 Å². The van der Waals surface area contributed by atoms with Crippen molar-refractivity contribution in [1.82, 2.24) is 0 Å². The van der Waals surface area contributed by atoms with Crippen LogP contribution in [0, 0.1) is 37.0 Å². The third kappa shape index (κ3) is 9.49. The Morgan fingerprint density at radius 2 is 1.33 bits per heavy atom. The van der Waals surface area contributed by atoms with E-state index < -0.39 is 51.0 Å². The number of carbonyl (C=O) groups is 3. The number of carbonyl (C=O) groups excluding carboxylic acids is 3. The quantitative estimate of drug-likeness (QED) is 0.196. The smallest absolute Gasteiger partial charge is 0.341 e. The summed E-state index contributed by atoms with van der Waals surface area (Å²) in [5.74, 6) is 2.97. The summed E-state index contributed by atoms with van der Waals surface area (Å²) in [7, 11) is -1.77. The van der Waals surface area contributed by atoms with Crippen LogP contribution in [0.15, 0.2) is 0 Å².